The summed E-state index contributed by atoms with van der Waals surface area (Å²) < 4.78 is 57.1. The lowest BCUT2D eigenvalue weighted by Crippen LogP contribution is -2.30. The highest BCUT2D eigenvalue weighted by Crippen LogP contribution is 2.22. The van der Waals surface area contributed by atoms with Crippen LogP contribution in [0.2, 0.25) is 0 Å². The molecule has 1 atom stereocenters. The first kappa shape index (κ1) is 28.5. The van der Waals surface area contributed by atoms with Gasteiger partial charge in [0.05, 0.1) is 21.3 Å². The molecule has 0 aliphatic carbocycles. The molecule has 0 amide bonds. The van der Waals surface area contributed by atoms with Crippen molar-refractivity contribution >= 4 is 25.7 Å². The van der Waals surface area contributed by atoms with Gasteiger partial charge in [-0.25, -0.2) is 21.1 Å². The van der Waals surface area contributed by atoms with E-state index in [1.165, 1.54) is 12.1 Å². The van der Waals surface area contributed by atoms with Gasteiger partial charge in [-0.3, -0.25) is 10.1 Å². The molecule has 0 radical (unpaired) electrons. The van der Waals surface area contributed by atoms with Gasteiger partial charge in [0, 0.05) is 18.2 Å². The van der Waals surface area contributed by atoms with Gasteiger partial charge >= 0.3 is 0 Å². The van der Waals surface area contributed by atoms with E-state index >= 15 is 0 Å². The fraction of sp³-hybridized carbons (Fsp3) is 0.103. The van der Waals surface area contributed by atoms with Crippen LogP contribution >= 0.6 is 0 Å². The van der Waals surface area contributed by atoms with Gasteiger partial charge in [0.1, 0.15) is 6.04 Å². The highest BCUT2D eigenvalue weighted by atomic mass is 32.2. The monoisotopic (exact) mass is 575 g/mol. The Labute approximate surface area is 233 Å². The van der Waals surface area contributed by atoms with Gasteiger partial charge in [-0.1, -0.05) is 84.3 Å². The van der Waals surface area contributed by atoms with E-state index in [4.69, 9.17) is 0 Å². The Morgan fingerprint density at radius 2 is 1.35 bits per heavy atom. The Morgan fingerprint density at radius 1 is 0.800 bits per heavy atom. The van der Waals surface area contributed by atoms with Gasteiger partial charge in [-0.05, 0) is 42.3 Å². The molecule has 4 aromatic rings. The summed E-state index contributed by atoms with van der Waals surface area (Å²) in [5.74, 6) is 2.80. The average molecular weight is 576 g/mol. The molecule has 1 N–H and O–H groups in total. The molecule has 4 rings (SSSR count). The molecule has 11 heteroatoms. The van der Waals surface area contributed by atoms with E-state index in [1.807, 2.05) is 13.0 Å². The third-order valence-electron chi connectivity index (χ3n) is 5.88. The Morgan fingerprint density at radius 3 is 1.93 bits per heavy atom. The van der Waals surface area contributed by atoms with E-state index in [0.29, 0.717) is 11.1 Å². The lowest BCUT2D eigenvalue weighted by molar-refractivity contribution is -0.384. The average Bonchev–Trinajstić information content (AvgIpc) is 2.95. The first-order valence-electron chi connectivity index (χ1n) is 12.0. The third kappa shape index (κ3) is 6.92. The van der Waals surface area contributed by atoms with E-state index in [-0.39, 0.29) is 22.0 Å². The fourth-order valence-corrected chi connectivity index (χ4v) is 6.07. The Hall–Kier alpha value is -4.50. The number of nitrogens with zero attached hydrogens (tertiary/aromatic N) is 2. The Bertz CT molecular complexity index is 1750. The molecule has 0 saturated carbocycles. The van der Waals surface area contributed by atoms with Crippen LogP contribution in [-0.2, 0) is 26.6 Å². The molecule has 204 valence electrons. The van der Waals surface area contributed by atoms with Crippen molar-refractivity contribution < 1.29 is 21.8 Å². The SMILES string of the molecule is Cc1ccc(S(=O)(=O)N(C#CC(NS(=O)(=O)c2ccc([N+](=O)[O-])cc2)c2ccccc2)Cc2ccccc2)cc1. The molecule has 9 nitrogen and oxygen atoms in total. The lowest BCUT2D eigenvalue weighted by atomic mass is 10.1. The van der Waals surface area contributed by atoms with Gasteiger partial charge in [-0.2, -0.15) is 4.72 Å². The highest BCUT2D eigenvalue weighted by Gasteiger charge is 2.25. The zero-order chi connectivity index (χ0) is 28.8. The van der Waals surface area contributed by atoms with Crippen LogP contribution in [0, 0.1) is 29.0 Å². The number of hydrogen-bond acceptors (Lipinski definition) is 6. The predicted molar refractivity (Wildman–Crippen MR) is 151 cm³/mol. The topological polar surface area (TPSA) is 127 Å². The second-order valence-electron chi connectivity index (χ2n) is 8.78. The minimum Gasteiger partial charge on any atom is -0.258 e. The van der Waals surface area contributed by atoms with E-state index < -0.39 is 31.0 Å². The van der Waals surface area contributed by atoms with Gasteiger partial charge in [0.15, 0.2) is 0 Å². The van der Waals surface area contributed by atoms with Crippen LogP contribution in [0.3, 0.4) is 0 Å². The minimum absolute atomic E-state index is 0.0473. The van der Waals surface area contributed by atoms with Gasteiger partial charge in [0.25, 0.3) is 15.7 Å². The maximum absolute atomic E-state index is 13.6. The van der Waals surface area contributed by atoms with Gasteiger partial charge < -0.3 is 0 Å². The summed E-state index contributed by atoms with van der Waals surface area (Å²) in [6.07, 6.45) is 0. The number of nitro benzene ring substituents is 1. The van der Waals surface area contributed by atoms with Crippen molar-refractivity contribution in [1.29, 1.82) is 0 Å². The zero-order valence-corrected chi connectivity index (χ0v) is 23.0. The van der Waals surface area contributed by atoms with Crippen molar-refractivity contribution in [3.63, 3.8) is 0 Å². The molecule has 0 aliphatic heterocycles. The predicted octanol–water partition coefficient (Wildman–Crippen LogP) is 4.77. The number of nitro groups is 1. The summed E-state index contributed by atoms with van der Waals surface area (Å²) in [6.45, 7) is 1.78. The summed E-state index contributed by atoms with van der Waals surface area (Å²) in [7, 11) is -8.28. The second-order valence-corrected chi connectivity index (χ2v) is 12.4. The van der Waals surface area contributed by atoms with Crippen molar-refractivity contribution in [3.8, 4) is 12.0 Å². The third-order valence-corrected chi connectivity index (χ3v) is 8.98. The molecule has 0 aromatic heterocycles. The normalized spacial score (nSPS) is 12.1. The standard InChI is InChI=1S/C29H25N3O6S2/c1-23-12-16-28(17-13-23)40(37,38)31(22-24-8-4-2-5-9-24)21-20-29(25-10-6-3-7-11-25)30-39(35,36)27-18-14-26(15-19-27)32(33)34/h2-19,29-30H,22H2,1H3. The van der Waals surface area contributed by atoms with Gasteiger partial charge in [-0.15, -0.1) is 0 Å². The lowest BCUT2D eigenvalue weighted by Gasteiger charge is -2.19. The largest absolute Gasteiger partial charge is 0.271 e. The number of benzene rings is 4. The summed E-state index contributed by atoms with van der Waals surface area (Å²) in [5.41, 5.74) is 1.81. The second kappa shape index (κ2) is 12.1. The molecule has 0 fully saturated rings. The molecule has 0 heterocycles. The van der Waals surface area contributed by atoms with Crippen molar-refractivity contribution in [2.24, 2.45) is 0 Å². The van der Waals surface area contributed by atoms with Crippen LogP contribution in [0.5, 0.6) is 0 Å². The van der Waals surface area contributed by atoms with Crippen LogP contribution in [0.1, 0.15) is 22.7 Å². The molecular weight excluding hydrogens is 550 g/mol. The molecule has 0 aliphatic rings. The molecule has 4 aromatic carbocycles. The van der Waals surface area contributed by atoms with E-state index in [0.717, 1.165) is 34.1 Å². The van der Waals surface area contributed by atoms with E-state index in [2.05, 4.69) is 16.7 Å². The van der Waals surface area contributed by atoms with Crippen LogP contribution in [-0.4, -0.2) is 26.1 Å². The van der Waals surface area contributed by atoms with Crippen LogP contribution in [0.25, 0.3) is 0 Å². The van der Waals surface area contributed by atoms with Gasteiger partial charge in [0.2, 0.25) is 10.0 Å². The van der Waals surface area contributed by atoms with Crippen molar-refractivity contribution in [1.82, 2.24) is 9.03 Å². The summed E-state index contributed by atoms with van der Waals surface area (Å²) in [4.78, 5) is 10.2. The molecule has 40 heavy (non-hydrogen) atoms. The minimum atomic E-state index is -4.19. The van der Waals surface area contributed by atoms with Crippen LogP contribution in [0.15, 0.2) is 119 Å². The number of hydrogen-bond donors (Lipinski definition) is 1. The number of non-ortho nitro benzene ring substituents is 1. The number of aryl methyl sites for hydroxylation is 1. The summed E-state index contributed by atoms with van der Waals surface area (Å²) in [6, 6.07) is 29.8. The Kier molecular flexibility index (Phi) is 8.64. The fourth-order valence-electron chi connectivity index (χ4n) is 3.70. The molecule has 1 unspecified atom stereocenters. The molecule has 0 spiro atoms. The van der Waals surface area contributed by atoms with Crippen LogP contribution in [0.4, 0.5) is 5.69 Å². The highest BCUT2D eigenvalue weighted by molar-refractivity contribution is 7.89. The Balaban J connectivity index is 1.75. The van der Waals surface area contributed by atoms with Crippen LogP contribution < -0.4 is 4.72 Å². The van der Waals surface area contributed by atoms with E-state index in [1.54, 1.807) is 66.7 Å². The smallest absolute Gasteiger partial charge is 0.258 e. The van der Waals surface area contributed by atoms with Crippen molar-refractivity contribution in [2.45, 2.75) is 29.3 Å². The maximum Gasteiger partial charge on any atom is 0.271 e. The first-order chi connectivity index (χ1) is 19.1. The maximum atomic E-state index is 13.6. The quantitative estimate of drug-likeness (QED) is 0.133. The molecular formula is C29H25N3O6S2. The summed E-state index contributed by atoms with van der Waals surface area (Å²) >= 11 is 0. The number of sulfonamides is 2. The first-order valence-corrected chi connectivity index (χ1v) is 14.9. The van der Waals surface area contributed by atoms with E-state index in [9.17, 15) is 26.9 Å². The van der Waals surface area contributed by atoms with Crippen molar-refractivity contribution in [2.75, 3.05) is 0 Å². The number of nitrogens with one attached hydrogen (secondary N) is 1. The molecule has 0 saturated heterocycles. The zero-order valence-electron chi connectivity index (χ0n) is 21.3. The summed E-state index contributed by atoms with van der Waals surface area (Å²) in [5, 5.41) is 11.0. The number of rotatable bonds is 9. The molecule has 0 bridgehead atoms. The van der Waals surface area contributed by atoms with Crippen molar-refractivity contribution in [3.05, 3.63) is 136 Å².